The molecule has 41 heavy (non-hydrogen) atoms. The van der Waals surface area contributed by atoms with Crippen molar-refractivity contribution in [3.63, 3.8) is 0 Å². The number of hydrogen-bond acceptors (Lipinski definition) is 9. The normalized spacial score (nSPS) is 10.9. The zero-order valence-electron chi connectivity index (χ0n) is 23.9. The molecule has 0 aliphatic heterocycles. The van der Waals surface area contributed by atoms with Crippen molar-refractivity contribution in [2.45, 2.75) is 6.92 Å². The molecule has 3 N–H and O–H groups in total. The molecule has 11 heteroatoms. The Balaban J connectivity index is 1.78. The number of carbonyl (C=O) groups is 2. The maximum atomic E-state index is 12.9. The fourth-order valence-electron chi connectivity index (χ4n) is 4.35. The fraction of sp³-hybridized carbons (Fsp3) is 0.267. The molecule has 0 radical (unpaired) electrons. The molecule has 0 aliphatic carbocycles. The third-order valence-electron chi connectivity index (χ3n) is 6.34. The summed E-state index contributed by atoms with van der Waals surface area (Å²) in [7, 11) is 7.46. The zero-order chi connectivity index (χ0) is 29.5. The molecule has 0 fully saturated rings. The summed E-state index contributed by atoms with van der Waals surface area (Å²) in [5.74, 6) is -0.139. The van der Waals surface area contributed by atoms with E-state index >= 15 is 0 Å². The van der Waals surface area contributed by atoms with Gasteiger partial charge in [-0.2, -0.15) is 0 Å². The van der Waals surface area contributed by atoms with E-state index < -0.39 is 5.97 Å². The van der Waals surface area contributed by atoms with E-state index in [0.29, 0.717) is 35.1 Å². The van der Waals surface area contributed by atoms with Crippen LogP contribution in [0.3, 0.4) is 0 Å². The van der Waals surface area contributed by atoms with Crippen LogP contribution in [0, 0.1) is 0 Å². The summed E-state index contributed by atoms with van der Waals surface area (Å²) in [6.45, 7) is 6.96. The van der Waals surface area contributed by atoms with Gasteiger partial charge in [0.1, 0.15) is 11.3 Å². The summed E-state index contributed by atoms with van der Waals surface area (Å²) in [4.78, 5) is 36.3. The lowest BCUT2D eigenvalue weighted by Gasteiger charge is -2.19. The lowest BCUT2D eigenvalue weighted by Crippen LogP contribution is -2.21. The SMILES string of the molecule is C=CC(=O)Nc1cc(Nc2ncc(C(=O)OCC)c(-c3cn(C)c4ccccc34)n2)c(OC)cc1NCCN(C)C. The molecular weight excluding hydrogens is 522 g/mol. The van der Waals surface area contributed by atoms with E-state index in [9.17, 15) is 9.59 Å². The highest BCUT2D eigenvalue weighted by atomic mass is 16.5. The van der Waals surface area contributed by atoms with Crippen LogP contribution in [0.1, 0.15) is 17.3 Å². The van der Waals surface area contributed by atoms with Crippen LogP contribution in [0.2, 0.25) is 0 Å². The number of fused-ring (bicyclic) bond motifs is 1. The van der Waals surface area contributed by atoms with Crippen LogP contribution in [0.15, 0.2) is 61.4 Å². The Morgan fingerprint density at radius 3 is 2.63 bits per heavy atom. The highest BCUT2D eigenvalue weighted by molar-refractivity contribution is 6.03. The number of nitrogens with one attached hydrogen (secondary N) is 3. The number of rotatable bonds is 12. The molecule has 4 rings (SSSR count). The molecule has 0 aliphatic rings. The number of para-hydroxylation sites is 1. The van der Waals surface area contributed by atoms with Crippen molar-refractivity contribution in [2.75, 3.05) is 56.9 Å². The molecular formula is C30H35N7O4. The van der Waals surface area contributed by atoms with E-state index in [1.807, 2.05) is 61.1 Å². The van der Waals surface area contributed by atoms with Gasteiger partial charge in [0.2, 0.25) is 11.9 Å². The quantitative estimate of drug-likeness (QED) is 0.169. The minimum atomic E-state index is -0.512. The fourth-order valence-corrected chi connectivity index (χ4v) is 4.35. The van der Waals surface area contributed by atoms with Crippen LogP contribution in [0.5, 0.6) is 5.75 Å². The van der Waals surface area contributed by atoms with Crippen molar-refractivity contribution in [3.8, 4) is 17.0 Å². The molecule has 214 valence electrons. The van der Waals surface area contributed by atoms with E-state index in [2.05, 4.69) is 27.5 Å². The van der Waals surface area contributed by atoms with E-state index in [4.69, 9.17) is 14.5 Å². The number of amides is 1. The third-order valence-corrected chi connectivity index (χ3v) is 6.34. The average molecular weight is 558 g/mol. The van der Waals surface area contributed by atoms with Gasteiger partial charge in [0.15, 0.2) is 0 Å². The van der Waals surface area contributed by atoms with Gasteiger partial charge in [-0.15, -0.1) is 0 Å². The Labute approximate surface area is 239 Å². The van der Waals surface area contributed by atoms with E-state index in [1.165, 1.54) is 12.3 Å². The maximum Gasteiger partial charge on any atom is 0.341 e. The lowest BCUT2D eigenvalue weighted by molar-refractivity contribution is -0.111. The van der Waals surface area contributed by atoms with Crippen LogP contribution >= 0.6 is 0 Å². The number of aromatic nitrogens is 3. The molecule has 0 atom stereocenters. The van der Waals surface area contributed by atoms with Gasteiger partial charge in [0, 0.05) is 55.1 Å². The minimum absolute atomic E-state index is 0.221. The predicted octanol–water partition coefficient (Wildman–Crippen LogP) is 4.66. The zero-order valence-corrected chi connectivity index (χ0v) is 23.9. The molecule has 4 aromatic rings. The number of nitrogens with zero attached hydrogens (tertiary/aromatic N) is 4. The van der Waals surface area contributed by atoms with Gasteiger partial charge >= 0.3 is 5.97 Å². The van der Waals surface area contributed by atoms with Crippen LogP contribution in [0.25, 0.3) is 22.2 Å². The van der Waals surface area contributed by atoms with Crippen LogP contribution in [-0.2, 0) is 16.6 Å². The molecule has 0 bridgehead atoms. The molecule has 2 heterocycles. The molecule has 0 saturated heterocycles. The number of benzene rings is 2. The number of anilines is 4. The second-order valence-electron chi connectivity index (χ2n) is 9.49. The van der Waals surface area contributed by atoms with Crippen LogP contribution in [-0.4, -0.2) is 72.2 Å². The van der Waals surface area contributed by atoms with Gasteiger partial charge in [-0.1, -0.05) is 24.8 Å². The smallest absolute Gasteiger partial charge is 0.341 e. The Hall–Kier alpha value is -4.90. The molecule has 2 aromatic heterocycles. The molecule has 11 nitrogen and oxygen atoms in total. The minimum Gasteiger partial charge on any atom is -0.494 e. The van der Waals surface area contributed by atoms with Gasteiger partial charge in [-0.3, -0.25) is 4.79 Å². The number of esters is 1. The third kappa shape index (κ3) is 6.64. The average Bonchev–Trinajstić information content (AvgIpc) is 3.30. The first-order chi connectivity index (χ1) is 19.7. The first-order valence-electron chi connectivity index (χ1n) is 13.1. The maximum absolute atomic E-state index is 12.9. The van der Waals surface area contributed by atoms with Gasteiger partial charge in [-0.25, -0.2) is 14.8 Å². The monoisotopic (exact) mass is 557 g/mol. The summed E-state index contributed by atoms with van der Waals surface area (Å²) < 4.78 is 12.9. The lowest BCUT2D eigenvalue weighted by atomic mass is 10.1. The Bertz CT molecular complexity index is 1580. The van der Waals surface area contributed by atoms with E-state index in [0.717, 1.165) is 23.0 Å². The summed E-state index contributed by atoms with van der Waals surface area (Å²) in [6.07, 6.45) is 4.58. The van der Waals surface area contributed by atoms with Crippen LogP contribution in [0.4, 0.5) is 23.0 Å². The van der Waals surface area contributed by atoms with Crippen molar-refractivity contribution in [3.05, 3.63) is 67.0 Å². The topological polar surface area (TPSA) is 123 Å². The highest BCUT2D eigenvalue weighted by Crippen LogP contribution is 2.37. The summed E-state index contributed by atoms with van der Waals surface area (Å²) >= 11 is 0. The predicted molar refractivity (Wildman–Crippen MR) is 162 cm³/mol. The van der Waals surface area contributed by atoms with Gasteiger partial charge in [0.25, 0.3) is 0 Å². The van der Waals surface area contributed by atoms with Crippen molar-refractivity contribution in [2.24, 2.45) is 7.05 Å². The van der Waals surface area contributed by atoms with Gasteiger partial charge < -0.3 is 34.9 Å². The van der Waals surface area contributed by atoms with Crippen molar-refractivity contribution >= 4 is 45.8 Å². The van der Waals surface area contributed by atoms with Crippen LogP contribution < -0.4 is 20.7 Å². The molecule has 2 aromatic carbocycles. The van der Waals surface area contributed by atoms with Crippen molar-refractivity contribution in [1.82, 2.24) is 19.4 Å². The number of aryl methyl sites for hydroxylation is 1. The van der Waals surface area contributed by atoms with E-state index in [-0.39, 0.29) is 24.0 Å². The number of likely N-dealkylation sites (N-methyl/N-ethyl adjacent to an activating group) is 1. The first-order valence-corrected chi connectivity index (χ1v) is 13.1. The first kappa shape index (κ1) is 29.1. The second kappa shape index (κ2) is 13.0. The second-order valence-corrected chi connectivity index (χ2v) is 9.49. The Kier molecular flexibility index (Phi) is 9.20. The number of hydrogen-bond donors (Lipinski definition) is 3. The number of ether oxygens (including phenoxy) is 2. The summed E-state index contributed by atoms with van der Waals surface area (Å²) in [6, 6.07) is 11.4. The molecule has 0 saturated carbocycles. The summed E-state index contributed by atoms with van der Waals surface area (Å²) in [5, 5.41) is 10.3. The Morgan fingerprint density at radius 2 is 1.93 bits per heavy atom. The highest BCUT2D eigenvalue weighted by Gasteiger charge is 2.22. The van der Waals surface area contributed by atoms with E-state index in [1.54, 1.807) is 26.2 Å². The molecule has 1 amide bonds. The largest absolute Gasteiger partial charge is 0.494 e. The van der Waals surface area contributed by atoms with Gasteiger partial charge in [-0.05, 0) is 39.2 Å². The number of methoxy groups -OCH3 is 1. The molecule has 0 unspecified atom stereocenters. The Morgan fingerprint density at radius 1 is 1.15 bits per heavy atom. The van der Waals surface area contributed by atoms with Crippen molar-refractivity contribution < 1.29 is 19.1 Å². The molecule has 0 spiro atoms. The summed E-state index contributed by atoms with van der Waals surface area (Å²) in [5.41, 5.74) is 4.15. The van der Waals surface area contributed by atoms with Gasteiger partial charge in [0.05, 0.1) is 36.5 Å². The van der Waals surface area contributed by atoms with Crippen molar-refractivity contribution in [1.29, 1.82) is 0 Å². The standard InChI is InChI=1S/C30H35N7O4/c1-7-27(38)33-23-15-24(26(40-6)16-22(23)31-13-14-36(3)4)34-30-32-17-20(29(39)41-8-2)28(35-30)21-18-37(5)25-12-10-9-11-19(21)25/h7,9-12,15-18,31H,1,8,13-14H2,2-6H3,(H,33,38)(H,32,34,35). The number of carbonyl (C=O) groups excluding carboxylic acids is 2.